The summed E-state index contributed by atoms with van der Waals surface area (Å²) in [6.45, 7) is 5.45. The predicted octanol–water partition coefficient (Wildman–Crippen LogP) is 4.18. The molecule has 0 aliphatic carbocycles. The highest BCUT2D eigenvalue weighted by Crippen LogP contribution is 2.25. The highest BCUT2D eigenvalue weighted by Gasteiger charge is 2.03. The molecule has 0 aromatic heterocycles. The summed E-state index contributed by atoms with van der Waals surface area (Å²) in [4.78, 5) is 0. The van der Waals surface area contributed by atoms with Crippen molar-refractivity contribution in [2.24, 2.45) is 0 Å². The van der Waals surface area contributed by atoms with Gasteiger partial charge in [-0.15, -0.1) is 0 Å². The van der Waals surface area contributed by atoms with Gasteiger partial charge in [0.25, 0.3) is 0 Å². The Labute approximate surface area is 149 Å². The van der Waals surface area contributed by atoms with Gasteiger partial charge in [0.05, 0.1) is 13.7 Å². The van der Waals surface area contributed by atoms with Crippen LogP contribution in [0.15, 0.2) is 48.5 Å². The molecule has 24 heavy (non-hydrogen) atoms. The molecule has 2 N–H and O–H groups in total. The van der Waals surface area contributed by atoms with E-state index in [0.29, 0.717) is 24.2 Å². The van der Waals surface area contributed by atoms with Crippen LogP contribution in [0.5, 0.6) is 11.5 Å². The molecule has 0 amide bonds. The standard InChI is InChI=1S/C19H24N2O2S/c1-14(2)15-8-10-16(11-9-15)21-19(24)20-12-13-23-18-7-5-4-6-17(18)22-3/h4-11,14H,12-13H2,1-3H3,(H2,20,21,24). The molecular weight excluding hydrogens is 320 g/mol. The van der Waals surface area contributed by atoms with E-state index in [1.54, 1.807) is 7.11 Å². The van der Waals surface area contributed by atoms with Crippen LogP contribution in [0.3, 0.4) is 0 Å². The van der Waals surface area contributed by atoms with Crippen LogP contribution in [0.25, 0.3) is 0 Å². The maximum absolute atomic E-state index is 5.70. The summed E-state index contributed by atoms with van der Waals surface area (Å²) in [7, 11) is 1.63. The van der Waals surface area contributed by atoms with Crippen LogP contribution in [0, 0.1) is 0 Å². The molecule has 0 atom stereocenters. The lowest BCUT2D eigenvalue weighted by Gasteiger charge is -2.13. The van der Waals surface area contributed by atoms with E-state index in [1.807, 2.05) is 36.4 Å². The second kappa shape index (κ2) is 9.13. The van der Waals surface area contributed by atoms with E-state index in [9.17, 15) is 0 Å². The van der Waals surface area contributed by atoms with E-state index in [1.165, 1.54) is 5.56 Å². The number of para-hydroxylation sites is 2. The van der Waals surface area contributed by atoms with Crippen molar-refractivity contribution in [3.05, 3.63) is 54.1 Å². The predicted molar refractivity (Wildman–Crippen MR) is 103 cm³/mol. The second-order valence-corrected chi connectivity index (χ2v) is 6.07. The van der Waals surface area contributed by atoms with Crippen molar-refractivity contribution in [1.29, 1.82) is 0 Å². The van der Waals surface area contributed by atoms with Crippen LogP contribution in [0.1, 0.15) is 25.3 Å². The number of methoxy groups -OCH3 is 1. The van der Waals surface area contributed by atoms with Crippen molar-refractivity contribution < 1.29 is 9.47 Å². The van der Waals surface area contributed by atoms with Gasteiger partial charge >= 0.3 is 0 Å². The van der Waals surface area contributed by atoms with Gasteiger partial charge in [-0.3, -0.25) is 0 Å². The third-order valence-electron chi connectivity index (χ3n) is 3.55. The fraction of sp³-hybridized carbons (Fsp3) is 0.316. The van der Waals surface area contributed by atoms with E-state index in [2.05, 4.69) is 36.6 Å². The zero-order valence-electron chi connectivity index (χ0n) is 14.3. The number of ether oxygens (including phenoxy) is 2. The maximum Gasteiger partial charge on any atom is 0.170 e. The third kappa shape index (κ3) is 5.42. The van der Waals surface area contributed by atoms with Crippen LogP contribution in [0.2, 0.25) is 0 Å². The highest BCUT2D eigenvalue weighted by molar-refractivity contribution is 7.80. The molecule has 5 heteroatoms. The van der Waals surface area contributed by atoms with Crippen molar-refractivity contribution in [2.75, 3.05) is 25.6 Å². The fourth-order valence-corrected chi connectivity index (χ4v) is 2.41. The van der Waals surface area contributed by atoms with Gasteiger partial charge in [0, 0.05) is 5.69 Å². The number of rotatable bonds is 7. The average molecular weight is 344 g/mol. The van der Waals surface area contributed by atoms with Crippen molar-refractivity contribution in [3.8, 4) is 11.5 Å². The van der Waals surface area contributed by atoms with Crippen LogP contribution in [-0.4, -0.2) is 25.4 Å². The molecule has 4 nitrogen and oxygen atoms in total. The molecule has 0 aliphatic heterocycles. The fourth-order valence-electron chi connectivity index (χ4n) is 2.19. The Hall–Kier alpha value is -2.27. The minimum Gasteiger partial charge on any atom is -0.493 e. The summed E-state index contributed by atoms with van der Waals surface area (Å²) in [6.07, 6.45) is 0. The van der Waals surface area contributed by atoms with E-state index >= 15 is 0 Å². The van der Waals surface area contributed by atoms with E-state index in [4.69, 9.17) is 21.7 Å². The average Bonchev–Trinajstić information content (AvgIpc) is 2.59. The van der Waals surface area contributed by atoms with Crippen molar-refractivity contribution >= 4 is 23.0 Å². The van der Waals surface area contributed by atoms with Crippen molar-refractivity contribution in [3.63, 3.8) is 0 Å². The Bertz CT molecular complexity index is 657. The molecule has 0 saturated carbocycles. The number of benzene rings is 2. The normalized spacial score (nSPS) is 10.3. The molecule has 2 rings (SSSR count). The lowest BCUT2D eigenvalue weighted by Crippen LogP contribution is -2.31. The molecule has 2 aromatic carbocycles. The lowest BCUT2D eigenvalue weighted by atomic mass is 10.0. The monoisotopic (exact) mass is 344 g/mol. The Morgan fingerprint density at radius 3 is 2.33 bits per heavy atom. The van der Waals surface area contributed by atoms with E-state index in [0.717, 1.165) is 17.2 Å². The van der Waals surface area contributed by atoms with E-state index in [-0.39, 0.29) is 0 Å². The summed E-state index contributed by atoms with van der Waals surface area (Å²) in [5.41, 5.74) is 2.28. The summed E-state index contributed by atoms with van der Waals surface area (Å²) in [5.74, 6) is 1.98. The zero-order valence-corrected chi connectivity index (χ0v) is 15.2. The molecule has 0 unspecified atom stereocenters. The number of nitrogens with one attached hydrogen (secondary N) is 2. The number of hydrogen-bond donors (Lipinski definition) is 2. The largest absolute Gasteiger partial charge is 0.493 e. The van der Waals surface area contributed by atoms with Gasteiger partial charge < -0.3 is 20.1 Å². The minimum atomic E-state index is 0.495. The summed E-state index contributed by atoms with van der Waals surface area (Å²) in [5, 5.41) is 6.88. The Kier molecular flexibility index (Phi) is 6.88. The second-order valence-electron chi connectivity index (χ2n) is 5.66. The molecule has 0 spiro atoms. The van der Waals surface area contributed by atoms with Gasteiger partial charge in [-0.1, -0.05) is 38.1 Å². The summed E-state index contributed by atoms with van der Waals surface area (Å²) < 4.78 is 10.9. The van der Waals surface area contributed by atoms with Gasteiger partial charge in [-0.2, -0.15) is 0 Å². The van der Waals surface area contributed by atoms with Crippen molar-refractivity contribution in [2.45, 2.75) is 19.8 Å². The van der Waals surface area contributed by atoms with E-state index < -0.39 is 0 Å². The highest BCUT2D eigenvalue weighted by atomic mass is 32.1. The number of hydrogen-bond acceptors (Lipinski definition) is 3. The van der Waals surface area contributed by atoms with Crippen molar-refractivity contribution in [1.82, 2.24) is 5.32 Å². The molecule has 0 aliphatic rings. The smallest absolute Gasteiger partial charge is 0.170 e. The molecule has 0 heterocycles. The molecule has 0 bridgehead atoms. The third-order valence-corrected chi connectivity index (χ3v) is 3.80. The summed E-state index contributed by atoms with van der Waals surface area (Å²) >= 11 is 5.30. The van der Waals surface area contributed by atoms with Gasteiger partial charge in [-0.05, 0) is 48.0 Å². The molecule has 0 saturated heterocycles. The van der Waals surface area contributed by atoms with Gasteiger partial charge in [0.2, 0.25) is 0 Å². The van der Waals surface area contributed by atoms with Gasteiger partial charge in [0.1, 0.15) is 6.61 Å². The van der Waals surface area contributed by atoms with Gasteiger partial charge in [-0.25, -0.2) is 0 Å². The molecule has 2 aromatic rings. The first-order valence-corrected chi connectivity index (χ1v) is 8.41. The van der Waals surface area contributed by atoms with Gasteiger partial charge in [0.15, 0.2) is 16.6 Å². The van der Waals surface area contributed by atoms with Crippen LogP contribution < -0.4 is 20.1 Å². The Morgan fingerprint density at radius 1 is 1.04 bits per heavy atom. The molecular formula is C19H24N2O2S. The first-order valence-electron chi connectivity index (χ1n) is 8.00. The topological polar surface area (TPSA) is 42.5 Å². The first-order chi connectivity index (χ1) is 11.6. The minimum absolute atomic E-state index is 0.495. The maximum atomic E-state index is 5.70. The number of anilines is 1. The quantitative estimate of drug-likeness (QED) is 0.582. The van der Waals surface area contributed by atoms with Crippen LogP contribution in [-0.2, 0) is 0 Å². The lowest BCUT2D eigenvalue weighted by molar-refractivity contribution is 0.298. The Morgan fingerprint density at radius 2 is 1.71 bits per heavy atom. The molecule has 128 valence electrons. The van der Waals surface area contributed by atoms with Crippen LogP contribution in [0.4, 0.5) is 5.69 Å². The zero-order chi connectivity index (χ0) is 17.4. The summed E-state index contributed by atoms with van der Waals surface area (Å²) in [6, 6.07) is 15.9. The first kappa shape index (κ1) is 18.1. The molecule has 0 fully saturated rings. The van der Waals surface area contributed by atoms with Crippen LogP contribution >= 0.6 is 12.2 Å². The Balaban J connectivity index is 1.73. The number of thiocarbonyl (C=S) groups is 1. The molecule has 0 radical (unpaired) electrons. The SMILES string of the molecule is COc1ccccc1OCCNC(=S)Nc1ccc(C(C)C)cc1.